The lowest BCUT2D eigenvalue weighted by molar-refractivity contribution is -0.120. The quantitative estimate of drug-likeness (QED) is 0.367. The highest BCUT2D eigenvalue weighted by atomic mass is 32.2. The number of para-hydroxylation sites is 1. The van der Waals surface area contributed by atoms with Crippen LogP contribution in [0.5, 0.6) is 5.75 Å². The van der Waals surface area contributed by atoms with Gasteiger partial charge in [0, 0.05) is 36.8 Å². The molecule has 2 aliphatic heterocycles. The molecular formula is C26H24N4O3S3. The van der Waals surface area contributed by atoms with Crippen LogP contribution in [0.4, 0.5) is 11.4 Å². The summed E-state index contributed by atoms with van der Waals surface area (Å²) >= 11 is 8.56. The zero-order valence-corrected chi connectivity index (χ0v) is 22.5. The molecule has 10 heteroatoms. The number of ether oxygens (including phenoxy) is 1. The van der Waals surface area contributed by atoms with Crippen molar-refractivity contribution in [3.05, 3.63) is 80.7 Å². The van der Waals surface area contributed by atoms with E-state index in [-0.39, 0.29) is 18.0 Å². The van der Waals surface area contributed by atoms with Crippen LogP contribution >= 0.6 is 35.3 Å². The van der Waals surface area contributed by atoms with Crippen LogP contribution in [0.3, 0.4) is 0 Å². The third kappa shape index (κ3) is 3.76. The Hall–Kier alpha value is -3.34. The van der Waals surface area contributed by atoms with Crippen molar-refractivity contribution in [3.8, 4) is 5.75 Å². The Kier molecular flexibility index (Phi) is 6.50. The summed E-state index contributed by atoms with van der Waals surface area (Å²) < 4.78 is 8.11. The van der Waals surface area contributed by atoms with E-state index in [4.69, 9.17) is 17.0 Å². The van der Waals surface area contributed by atoms with Gasteiger partial charge in [-0.25, -0.2) is 0 Å². The van der Waals surface area contributed by atoms with Gasteiger partial charge in [-0.05, 0) is 43.4 Å². The molecule has 1 saturated heterocycles. The van der Waals surface area contributed by atoms with Crippen LogP contribution < -0.4 is 29.3 Å². The molecule has 0 atom stereocenters. The number of carbonyl (C=O) groups excluding carboxylic acids is 1. The smallest absolute Gasteiger partial charge is 0.280 e. The second-order valence-electron chi connectivity index (χ2n) is 8.09. The van der Waals surface area contributed by atoms with Crippen LogP contribution in [0.25, 0.3) is 10.7 Å². The minimum atomic E-state index is -0.220. The van der Waals surface area contributed by atoms with Gasteiger partial charge in [-0.2, -0.15) is 0 Å². The van der Waals surface area contributed by atoms with E-state index >= 15 is 0 Å². The van der Waals surface area contributed by atoms with E-state index in [2.05, 4.69) is 6.58 Å². The molecule has 1 fully saturated rings. The maximum Gasteiger partial charge on any atom is 0.280 e. The molecule has 5 rings (SSSR count). The first-order valence-electron chi connectivity index (χ1n) is 11.3. The fraction of sp³-hybridized carbons (Fsp3) is 0.192. The lowest BCUT2D eigenvalue weighted by Crippen LogP contribution is -2.36. The molecule has 0 unspecified atom stereocenters. The Morgan fingerprint density at radius 2 is 1.89 bits per heavy atom. The largest absolute Gasteiger partial charge is 0.497 e. The number of hydrogen-bond acceptors (Lipinski definition) is 7. The Labute approximate surface area is 222 Å². The van der Waals surface area contributed by atoms with Crippen molar-refractivity contribution in [3.63, 3.8) is 0 Å². The first-order valence-corrected chi connectivity index (χ1v) is 13.3. The lowest BCUT2D eigenvalue weighted by Gasteiger charge is -2.19. The molecule has 184 valence electrons. The molecular weight excluding hydrogens is 513 g/mol. The molecule has 0 spiro atoms. The van der Waals surface area contributed by atoms with Gasteiger partial charge in [-0.15, -0.1) is 17.9 Å². The number of likely N-dealkylation sites (N-methyl/N-ethyl adjacent to an activating group) is 1. The zero-order valence-electron chi connectivity index (χ0n) is 20.1. The maximum atomic E-state index is 13.8. The standard InChI is InChI=1S/C26H24N4O3S3/c1-5-14-29-23(32)21(25-27(3)18-15-17(33-4)12-13-19(18)35-25)36-24(29)20-22(31)28(6-2)26(34)30(20)16-10-8-7-9-11-16/h5,7-13,15H,1,6,14H2,2-4H3/b24-20-,25-21-. The zero-order chi connectivity index (χ0) is 25.6. The van der Waals surface area contributed by atoms with Gasteiger partial charge >= 0.3 is 0 Å². The van der Waals surface area contributed by atoms with Crippen LogP contribution in [0.2, 0.25) is 0 Å². The Morgan fingerprint density at radius 1 is 1.14 bits per heavy atom. The number of thioether (sulfide) groups is 1. The van der Waals surface area contributed by atoms with Crippen LogP contribution in [0.15, 0.2) is 70.9 Å². The molecule has 0 bridgehead atoms. The van der Waals surface area contributed by atoms with Crippen LogP contribution in [-0.4, -0.2) is 41.2 Å². The third-order valence-electron chi connectivity index (χ3n) is 6.05. The number of thiocarbonyl (C=S) groups is 1. The van der Waals surface area contributed by atoms with Gasteiger partial charge in [0.1, 0.15) is 25.7 Å². The van der Waals surface area contributed by atoms with E-state index in [0.717, 1.165) is 27.0 Å². The van der Waals surface area contributed by atoms with E-state index in [1.807, 2.05) is 67.4 Å². The van der Waals surface area contributed by atoms with E-state index < -0.39 is 0 Å². The number of aromatic nitrogens is 1. The molecule has 0 N–H and O–H groups in total. The number of carbonyl (C=O) groups is 1. The molecule has 0 radical (unpaired) electrons. The van der Waals surface area contributed by atoms with Crippen molar-refractivity contribution in [2.75, 3.05) is 30.5 Å². The van der Waals surface area contributed by atoms with Crippen molar-refractivity contribution in [2.24, 2.45) is 0 Å². The predicted molar refractivity (Wildman–Crippen MR) is 151 cm³/mol. The highest BCUT2D eigenvalue weighted by Gasteiger charge is 2.40. The van der Waals surface area contributed by atoms with Gasteiger partial charge < -0.3 is 9.64 Å². The molecule has 1 amide bonds. The van der Waals surface area contributed by atoms with Crippen molar-refractivity contribution >= 4 is 68.4 Å². The fourth-order valence-electron chi connectivity index (χ4n) is 4.28. The van der Waals surface area contributed by atoms with Crippen LogP contribution in [-0.2, 0) is 11.3 Å². The molecule has 1 aromatic heterocycles. The topological polar surface area (TPSA) is 58.0 Å². The maximum absolute atomic E-state index is 13.8. The van der Waals surface area contributed by atoms with Gasteiger partial charge in [0.2, 0.25) is 0 Å². The molecule has 36 heavy (non-hydrogen) atoms. The molecule has 3 heterocycles. The molecule has 3 aromatic rings. The van der Waals surface area contributed by atoms with Gasteiger partial charge in [0.15, 0.2) is 5.11 Å². The van der Waals surface area contributed by atoms with Crippen LogP contribution in [0.1, 0.15) is 6.92 Å². The van der Waals surface area contributed by atoms with Crippen LogP contribution in [0, 0.1) is 0 Å². The van der Waals surface area contributed by atoms with Gasteiger partial charge in [-0.3, -0.25) is 24.0 Å². The third-order valence-corrected chi connectivity index (χ3v) is 9.00. The van der Waals surface area contributed by atoms with Crippen molar-refractivity contribution in [1.82, 2.24) is 9.47 Å². The van der Waals surface area contributed by atoms with Gasteiger partial charge in [-0.1, -0.05) is 36.0 Å². The van der Waals surface area contributed by atoms with Gasteiger partial charge in [0.25, 0.3) is 11.5 Å². The lowest BCUT2D eigenvalue weighted by atomic mass is 10.3. The van der Waals surface area contributed by atoms with E-state index in [1.165, 1.54) is 23.1 Å². The van der Waals surface area contributed by atoms with E-state index in [0.29, 0.717) is 26.5 Å². The number of thiazole rings is 1. The Morgan fingerprint density at radius 3 is 2.56 bits per heavy atom. The summed E-state index contributed by atoms with van der Waals surface area (Å²) in [5.41, 5.74) is 1.95. The average molecular weight is 537 g/mol. The average Bonchev–Trinajstić information content (AvgIpc) is 3.48. The minimum Gasteiger partial charge on any atom is -0.497 e. The van der Waals surface area contributed by atoms with Crippen molar-refractivity contribution in [1.29, 1.82) is 0 Å². The second-order valence-corrected chi connectivity index (χ2v) is 10.5. The normalized spacial score (nSPS) is 18.2. The number of methoxy groups -OCH3 is 1. The molecule has 0 aliphatic carbocycles. The fourth-order valence-corrected chi connectivity index (χ4v) is 7.16. The first-order chi connectivity index (χ1) is 17.4. The highest BCUT2D eigenvalue weighted by Crippen LogP contribution is 2.46. The summed E-state index contributed by atoms with van der Waals surface area (Å²) in [5, 5.41) is 1.21. The predicted octanol–water partition coefficient (Wildman–Crippen LogP) is 3.17. The van der Waals surface area contributed by atoms with E-state index in [1.54, 1.807) is 27.6 Å². The van der Waals surface area contributed by atoms with Crippen molar-refractivity contribution < 1.29 is 9.53 Å². The Balaban J connectivity index is 1.81. The molecule has 2 aromatic carbocycles. The molecule has 0 saturated carbocycles. The number of hydrogen-bond donors (Lipinski definition) is 0. The summed E-state index contributed by atoms with van der Waals surface area (Å²) in [6.07, 6.45) is 1.67. The summed E-state index contributed by atoms with van der Waals surface area (Å²) in [5.74, 6) is 0.527. The summed E-state index contributed by atoms with van der Waals surface area (Å²) in [7, 11) is 3.56. The van der Waals surface area contributed by atoms with Gasteiger partial charge in [0.05, 0.1) is 12.8 Å². The monoisotopic (exact) mass is 536 g/mol. The number of rotatable bonds is 5. The van der Waals surface area contributed by atoms with Crippen molar-refractivity contribution in [2.45, 2.75) is 18.4 Å². The SMILES string of the molecule is C=CCn1c(=O)/c(=C2/Sc3ccc(OC)cc3N2C)s/c1=C1/C(=O)N(CC)C(=S)N1c1ccccc1. The second kappa shape index (κ2) is 9.61. The summed E-state index contributed by atoms with van der Waals surface area (Å²) in [6.45, 7) is 6.43. The number of fused-ring (bicyclic) bond motifs is 1. The minimum absolute atomic E-state index is 0.168. The van der Waals surface area contributed by atoms with E-state index in [9.17, 15) is 9.59 Å². The number of benzene rings is 2. The summed E-state index contributed by atoms with van der Waals surface area (Å²) in [6, 6.07) is 15.4. The molecule has 2 aliphatic rings. The number of allylic oxidation sites excluding steroid dienone is 1. The summed E-state index contributed by atoms with van der Waals surface area (Å²) in [4.78, 5) is 33.8. The first kappa shape index (κ1) is 24.4. The number of anilines is 2. The number of amides is 1. The highest BCUT2D eigenvalue weighted by molar-refractivity contribution is 8.08. The Bertz CT molecular complexity index is 1580. The molecule has 7 nitrogen and oxygen atoms in total. The number of nitrogens with zero attached hydrogens (tertiary/aromatic N) is 4.